The molecule has 0 aliphatic heterocycles. The van der Waals surface area contributed by atoms with Gasteiger partial charge in [0.25, 0.3) is 0 Å². The third-order valence-corrected chi connectivity index (χ3v) is 5.40. The number of hydrogen-bond acceptors (Lipinski definition) is 4. The number of rotatable bonds is 12. The molecule has 0 unspecified atom stereocenters. The molecule has 0 aliphatic carbocycles. The topological polar surface area (TPSA) is 75.1 Å². The van der Waals surface area contributed by atoms with Gasteiger partial charge in [0.1, 0.15) is 0 Å². The molecule has 168 valence electrons. The van der Waals surface area contributed by atoms with E-state index in [-0.39, 0.29) is 36.0 Å². The van der Waals surface area contributed by atoms with E-state index in [1.165, 1.54) is 0 Å². The molecule has 0 bridgehead atoms. The molecule has 3 N–H and O–H groups in total. The number of benzene rings is 1. The Labute approximate surface area is 197 Å². The fourth-order valence-corrected chi connectivity index (χ4v) is 3.40. The molecular formula is C21H37ClIN3O3. The van der Waals surface area contributed by atoms with Crippen LogP contribution in [-0.2, 0) is 6.54 Å². The summed E-state index contributed by atoms with van der Waals surface area (Å²) in [7, 11) is 1.60. The number of guanidine groups is 1. The van der Waals surface area contributed by atoms with Crippen LogP contribution in [0, 0.1) is 5.41 Å². The van der Waals surface area contributed by atoms with Gasteiger partial charge in [-0.25, -0.2) is 4.99 Å². The van der Waals surface area contributed by atoms with Crippen LogP contribution < -0.4 is 20.1 Å². The summed E-state index contributed by atoms with van der Waals surface area (Å²) in [5, 5.41) is 16.6. The molecule has 0 heterocycles. The molecule has 0 atom stereocenters. The van der Waals surface area contributed by atoms with Gasteiger partial charge in [0.2, 0.25) is 0 Å². The van der Waals surface area contributed by atoms with E-state index >= 15 is 0 Å². The molecule has 0 saturated carbocycles. The molecule has 1 aromatic carbocycles. The van der Waals surface area contributed by atoms with Gasteiger partial charge in [0, 0.05) is 19.7 Å². The number of hydrogen-bond donors (Lipinski definition) is 3. The standard InChI is InChI=1S/C21H36ClN3O3.HI/c1-6-21(7-2,10-11-26)15-25-20(23-8-3)24-14-16-12-17(22)19(28-9-4)18(13-16)27-5;/h12-13,26H,6-11,14-15H2,1-5H3,(H2,23,24,25);1H. The largest absolute Gasteiger partial charge is 0.493 e. The summed E-state index contributed by atoms with van der Waals surface area (Å²) in [5.41, 5.74) is 1.01. The second-order valence-electron chi connectivity index (χ2n) is 6.77. The van der Waals surface area contributed by atoms with Crippen molar-refractivity contribution in [3.8, 4) is 11.5 Å². The maximum atomic E-state index is 9.41. The van der Waals surface area contributed by atoms with Crippen LogP contribution in [0.2, 0.25) is 5.02 Å². The lowest BCUT2D eigenvalue weighted by Crippen LogP contribution is -2.43. The zero-order valence-electron chi connectivity index (χ0n) is 18.3. The van der Waals surface area contributed by atoms with Crippen LogP contribution in [-0.4, -0.2) is 44.5 Å². The molecule has 6 nitrogen and oxygen atoms in total. The Morgan fingerprint density at radius 2 is 1.86 bits per heavy atom. The molecular weight excluding hydrogens is 505 g/mol. The van der Waals surface area contributed by atoms with Gasteiger partial charge in [-0.2, -0.15) is 0 Å². The Balaban J connectivity index is 0.00000784. The molecule has 1 rings (SSSR count). The van der Waals surface area contributed by atoms with Gasteiger partial charge in [-0.05, 0) is 56.2 Å². The zero-order valence-corrected chi connectivity index (χ0v) is 21.4. The van der Waals surface area contributed by atoms with Crippen LogP contribution in [0.3, 0.4) is 0 Å². The van der Waals surface area contributed by atoms with Gasteiger partial charge in [-0.15, -0.1) is 24.0 Å². The lowest BCUT2D eigenvalue weighted by Gasteiger charge is -2.32. The van der Waals surface area contributed by atoms with Crippen LogP contribution in [0.25, 0.3) is 0 Å². The van der Waals surface area contributed by atoms with Crippen molar-refractivity contribution in [2.45, 2.75) is 53.5 Å². The summed E-state index contributed by atoms with van der Waals surface area (Å²) in [5.74, 6) is 1.91. The molecule has 0 radical (unpaired) electrons. The lowest BCUT2D eigenvalue weighted by molar-refractivity contribution is 0.169. The van der Waals surface area contributed by atoms with Gasteiger partial charge in [-0.1, -0.05) is 25.4 Å². The molecule has 0 saturated heterocycles. The van der Waals surface area contributed by atoms with Crippen molar-refractivity contribution >= 4 is 41.5 Å². The first-order valence-electron chi connectivity index (χ1n) is 10.1. The number of aliphatic imine (C=N–C) groups is 1. The van der Waals surface area contributed by atoms with Crippen LogP contribution in [0.1, 0.15) is 52.5 Å². The number of aliphatic hydroxyl groups excluding tert-OH is 1. The van der Waals surface area contributed by atoms with E-state index in [1.807, 2.05) is 26.0 Å². The van der Waals surface area contributed by atoms with Crippen molar-refractivity contribution < 1.29 is 14.6 Å². The average Bonchev–Trinajstić information content (AvgIpc) is 2.70. The van der Waals surface area contributed by atoms with E-state index in [1.54, 1.807) is 7.11 Å². The normalized spacial score (nSPS) is 11.6. The molecule has 0 spiro atoms. The Morgan fingerprint density at radius 3 is 2.38 bits per heavy atom. The fraction of sp³-hybridized carbons (Fsp3) is 0.667. The number of aliphatic hydroxyl groups is 1. The van der Waals surface area contributed by atoms with Gasteiger partial charge < -0.3 is 25.2 Å². The van der Waals surface area contributed by atoms with Gasteiger partial charge in [0.05, 0.1) is 25.3 Å². The first kappa shape index (κ1) is 28.1. The highest BCUT2D eigenvalue weighted by atomic mass is 127. The van der Waals surface area contributed by atoms with Crippen molar-refractivity contribution in [3.63, 3.8) is 0 Å². The molecule has 1 aromatic rings. The molecule has 8 heteroatoms. The minimum absolute atomic E-state index is 0. The van der Waals surface area contributed by atoms with E-state index in [9.17, 15) is 5.11 Å². The Bertz CT molecular complexity index is 625. The predicted molar refractivity (Wildman–Crippen MR) is 132 cm³/mol. The second-order valence-corrected chi connectivity index (χ2v) is 7.18. The third-order valence-electron chi connectivity index (χ3n) is 5.11. The first-order chi connectivity index (χ1) is 13.5. The van der Waals surface area contributed by atoms with Gasteiger partial charge in [0.15, 0.2) is 17.5 Å². The molecule has 0 amide bonds. The van der Waals surface area contributed by atoms with Crippen LogP contribution in [0.5, 0.6) is 11.5 Å². The van der Waals surface area contributed by atoms with Crippen molar-refractivity contribution in [1.29, 1.82) is 0 Å². The average molecular weight is 542 g/mol. The summed E-state index contributed by atoms with van der Waals surface area (Å²) in [6, 6.07) is 3.76. The second kappa shape index (κ2) is 15.0. The molecule has 0 aliphatic rings. The Kier molecular flexibility index (Phi) is 14.5. The van der Waals surface area contributed by atoms with E-state index in [2.05, 4.69) is 29.5 Å². The summed E-state index contributed by atoms with van der Waals surface area (Å²) in [6.45, 7) is 11.0. The predicted octanol–water partition coefficient (Wildman–Crippen LogP) is 4.61. The number of methoxy groups -OCH3 is 1. The number of nitrogens with one attached hydrogen (secondary N) is 2. The highest BCUT2D eigenvalue weighted by Gasteiger charge is 2.25. The molecule has 0 fully saturated rings. The van der Waals surface area contributed by atoms with Crippen LogP contribution in [0.4, 0.5) is 0 Å². The van der Waals surface area contributed by atoms with Crippen molar-refractivity contribution in [1.82, 2.24) is 10.6 Å². The van der Waals surface area contributed by atoms with Crippen molar-refractivity contribution in [3.05, 3.63) is 22.7 Å². The summed E-state index contributed by atoms with van der Waals surface area (Å²) >= 11 is 6.35. The summed E-state index contributed by atoms with van der Waals surface area (Å²) in [4.78, 5) is 4.68. The Hall–Kier alpha value is -0.930. The van der Waals surface area contributed by atoms with Gasteiger partial charge >= 0.3 is 0 Å². The smallest absolute Gasteiger partial charge is 0.191 e. The van der Waals surface area contributed by atoms with E-state index < -0.39 is 0 Å². The van der Waals surface area contributed by atoms with Crippen molar-refractivity contribution in [2.24, 2.45) is 10.4 Å². The maximum Gasteiger partial charge on any atom is 0.191 e. The monoisotopic (exact) mass is 541 g/mol. The van der Waals surface area contributed by atoms with Crippen molar-refractivity contribution in [2.75, 3.05) is 33.4 Å². The SMILES string of the molecule is CCNC(=NCc1cc(Cl)c(OCC)c(OC)c1)NCC(CC)(CC)CCO.I. The minimum Gasteiger partial charge on any atom is -0.493 e. The highest BCUT2D eigenvalue weighted by molar-refractivity contribution is 14.0. The van der Waals surface area contributed by atoms with Crippen LogP contribution in [0.15, 0.2) is 17.1 Å². The molecule has 0 aromatic heterocycles. The van der Waals surface area contributed by atoms with E-state index in [0.29, 0.717) is 29.7 Å². The van der Waals surface area contributed by atoms with E-state index in [4.69, 9.17) is 21.1 Å². The maximum absolute atomic E-state index is 9.41. The zero-order chi connectivity index (χ0) is 21.0. The summed E-state index contributed by atoms with van der Waals surface area (Å²) in [6.07, 6.45) is 2.78. The highest BCUT2D eigenvalue weighted by Crippen LogP contribution is 2.36. The lowest BCUT2D eigenvalue weighted by atomic mass is 9.79. The Morgan fingerprint density at radius 1 is 1.17 bits per heavy atom. The van der Waals surface area contributed by atoms with Crippen LogP contribution >= 0.6 is 35.6 Å². The number of halogens is 2. The molecule has 29 heavy (non-hydrogen) atoms. The van der Waals surface area contributed by atoms with Gasteiger partial charge in [-0.3, -0.25) is 0 Å². The fourth-order valence-electron chi connectivity index (χ4n) is 3.11. The minimum atomic E-state index is 0. The van der Waals surface area contributed by atoms with E-state index in [0.717, 1.165) is 43.9 Å². The number of ether oxygens (including phenoxy) is 2. The summed E-state index contributed by atoms with van der Waals surface area (Å²) < 4.78 is 11.0. The first-order valence-corrected chi connectivity index (χ1v) is 10.5. The third kappa shape index (κ3) is 8.76. The number of nitrogens with zero attached hydrogens (tertiary/aromatic N) is 1. The quantitative estimate of drug-likeness (QED) is 0.205.